The largest absolute Gasteiger partial charge is 0.507 e. The second-order valence-electron chi connectivity index (χ2n) is 16.2. The molecule has 8 aromatic carbocycles. The van der Waals surface area contributed by atoms with Gasteiger partial charge in [-0.05, 0) is 69.3 Å². The molecule has 0 fully saturated rings. The summed E-state index contributed by atoms with van der Waals surface area (Å²) in [5.41, 5.74) is 18.4. The first kappa shape index (κ1) is 39.0. The summed E-state index contributed by atoms with van der Waals surface area (Å²) in [6.07, 6.45) is 1.90. The minimum atomic E-state index is -0.279. The molecule has 4 nitrogen and oxygen atoms in total. The predicted octanol–water partition coefficient (Wildman–Crippen LogP) is 14.2. The molecule has 0 bridgehead atoms. The Morgan fingerprint density at radius 3 is 1.85 bits per heavy atom. The van der Waals surface area contributed by atoms with Gasteiger partial charge in [0.25, 0.3) is 0 Å². The van der Waals surface area contributed by atoms with Crippen LogP contribution in [0.2, 0.25) is 0 Å². The van der Waals surface area contributed by atoms with E-state index >= 15 is 0 Å². The van der Waals surface area contributed by atoms with E-state index in [0.717, 1.165) is 66.9 Å². The van der Waals surface area contributed by atoms with Gasteiger partial charge >= 0.3 is 0 Å². The van der Waals surface area contributed by atoms with Gasteiger partial charge in [0.05, 0.1) is 22.3 Å². The van der Waals surface area contributed by atoms with Gasteiger partial charge in [-0.25, -0.2) is 4.98 Å². The fraction of sp³-hybridized carbons (Fsp3) is 0.0526. The zero-order valence-corrected chi connectivity index (χ0v) is 36.4. The van der Waals surface area contributed by atoms with Gasteiger partial charge in [-0.15, -0.1) is 17.7 Å². The van der Waals surface area contributed by atoms with Gasteiger partial charge in [0.2, 0.25) is 0 Å². The van der Waals surface area contributed by atoms with E-state index in [1.807, 2.05) is 36.5 Å². The van der Waals surface area contributed by atoms with Crippen LogP contribution in [0, 0.1) is 6.07 Å². The Bertz CT molecular complexity index is 3280. The van der Waals surface area contributed by atoms with Crippen molar-refractivity contribution >= 4 is 11.0 Å². The summed E-state index contributed by atoms with van der Waals surface area (Å²) in [5, 5.41) is 11.4. The molecule has 1 aliphatic rings. The van der Waals surface area contributed by atoms with Crippen LogP contribution < -0.4 is 0 Å². The maximum atomic E-state index is 11.4. The maximum Gasteiger partial charge on any atom is 0.148 e. The molecule has 0 atom stereocenters. The first-order chi connectivity index (χ1) is 29.9. The number of benzene rings is 8. The van der Waals surface area contributed by atoms with Crippen molar-refractivity contribution in [1.82, 2.24) is 14.5 Å². The second-order valence-corrected chi connectivity index (χ2v) is 16.2. The van der Waals surface area contributed by atoms with E-state index in [2.05, 4.69) is 182 Å². The van der Waals surface area contributed by atoms with Crippen LogP contribution in [0.1, 0.15) is 25.0 Å². The molecule has 0 aliphatic heterocycles. The van der Waals surface area contributed by atoms with Crippen LogP contribution in [0.4, 0.5) is 0 Å². The molecule has 2 heterocycles. The Hall–Kier alpha value is -7.13. The van der Waals surface area contributed by atoms with Crippen molar-refractivity contribution in [3.8, 4) is 89.7 Å². The smallest absolute Gasteiger partial charge is 0.148 e. The molecule has 300 valence electrons. The zero-order chi connectivity index (χ0) is 41.1. The number of hydrogen-bond donors (Lipinski definition) is 1. The van der Waals surface area contributed by atoms with Crippen molar-refractivity contribution in [2.24, 2.45) is 0 Å². The summed E-state index contributed by atoms with van der Waals surface area (Å²) < 4.78 is 2.20. The van der Waals surface area contributed by atoms with Crippen molar-refractivity contribution < 1.29 is 26.2 Å². The number of pyridine rings is 1. The van der Waals surface area contributed by atoms with Crippen LogP contribution in [0.25, 0.3) is 95.0 Å². The SMILES string of the molecule is CC1(C)c2ccccc2-c2c(-c3cccc4c3nc(-c3ccccc3O)n4-c3ccccc3-c3ccccc3)[c-]c(-c3cc(-c4ccc(-c5ccccc5)cc4)ccn3)cc21.[Pt]. The number of fused-ring (bicyclic) bond motifs is 4. The average Bonchev–Trinajstić information content (AvgIpc) is 3.82. The molecule has 0 saturated carbocycles. The Balaban J connectivity index is 0.00000458. The van der Waals surface area contributed by atoms with Gasteiger partial charge in [-0.2, -0.15) is 0 Å². The Morgan fingerprint density at radius 2 is 1.11 bits per heavy atom. The number of nitrogens with zero attached hydrogens (tertiary/aromatic N) is 3. The van der Waals surface area contributed by atoms with Gasteiger partial charge in [0.1, 0.15) is 11.6 Å². The van der Waals surface area contributed by atoms with E-state index in [4.69, 9.17) is 9.97 Å². The normalized spacial score (nSPS) is 12.4. The first-order valence-electron chi connectivity index (χ1n) is 20.7. The predicted molar refractivity (Wildman–Crippen MR) is 250 cm³/mol. The molecule has 0 unspecified atom stereocenters. The van der Waals surface area contributed by atoms with E-state index < -0.39 is 0 Å². The van der Waals surface area contributed by atoms with Crippen LogP contribution in [0.5, 0.6) is 5.75 Å². The van der Waals surface area contributed by atoms with Gasteiger partial charge in [0, 0.05) is 43.9 Å². The fourth-order valence-corrected chi connectivity index (χ4v) is 9.25. The van der Waals surface area contributed by atoms with E-state index in [-0.39, 0.29) is 32.2 Å². The van der Waals surface area contributed by atoms with Crippen LogP contribution in [0.15, 0.2) is 200 Å². The summed E-state index contributed by atoms with van der Waals surface area (Å²) in [5.74, 6) is 0.828. The molecule has 1 N–H and O–H groups in total. The minimum absolute atomic E-state index is 0. The molecule has 10 aromatic rings. The van der Waals surface area contributed by atoms with E-state index in [1.54, 1.807) is 6.07 Å². The molecule has 0 radical (unpaired) electrons. The molecular formula is C57H40N3OPt-. The first-order valence-corrected chi connectivity index (χ1v) is 20.7. The van der Waals surface area contributed by atoms with Gasteiger partial charge in [0.15, 0.2) is 0 Å². The standard InChI is InChI=1S/C57H40N3O.Pt/c1-57(2)48-24-12-9-21-45(48)54-47(34-42(35-49(54)57)50-36-41(32-33-58-50)39-30-28-38(29-31-39)37-16-5-3-6-17-37)44-23-15-26-52-55(44)59-56(46-22-11-14-27-53(46)61)60(52)51-25-13-10-20-43(51)40-18-7-4-8-19-40;/h3-33,35-36,61H,1-2H3;/q-1;. The molecule has 2 aromatic heterocycles. The monoisotopic (exact) mass is 977 g/mol. The molecule has 11 rings (SSSR count). The Kier molecular flexibility index (Phi) is 9.90. The summed E-state index contributed by atoms with van der Waals surface area (Å²) >= 11 is 0. The Morgan fingerprint density at radius 1 is 0.516 bits per heavy atom. The number of aromatic hydroxyl groups is 1. The molecule has 5 heteroatoms. The van der Waals surface area contributed by atoms with Crippen molar-refractivity contribution in [3.63, 3.8) is 0 Å². The maximum absolute atomic E-state index is 11.4. The van der Waals surface area contributed by atoms with Crippen LogP contribution in [0.3, 0.4) is 0 Å². The van der Waals surface area contributed by atoms with Crippen molar-refractivity contribution in [2.45, 2.75) is 19.3 Å². The molecule has 0 amide bonds. The number of imidazole rings is 1. The van der Waals surface area contributed by atoms with E-state index in [1.165, 1.54) is 27.8 Å². The van der Waals surface area contributed by atoms with Gasteiger partial charge < -0.3 is 5.11 Å². The topological polar surface area (TPSA) is 50.9 Å². The third kappa shape index (κ3) is 6.51. The van der Waals surface area contributed by atoms with Crippen molar-refractivity contribution in [2.75, 3.05) is 0 Å². The van der Waals surface area contributed by atoms with Crippen molar-refractivity contribution in [1.29, 1.82) is 0 Å². The van der Waals surface area contributed by atoms with Gasteiger partial charge in [-0.1, -0.05) is 194 Å². The molecular weight excluding hydrogens is 938 g/mol. The molecule has 0 spiro atoms. The number of phenolic OH excluding ortho intramolecular Hbond substituents is 1. The summed E-state index contributed by atoms with van der Waals surface area (Å²) in [6, 6.07) is 71.2. The Labute approximate surface area is 376 Å². The van der Waals surface area contributed by atoms with Crippen LogP contribution >= 0.6 is 0 Å². The third-order valence-electron chi connectivity index (χ3n) is 12.3. The van der Waals surface area contributed by atoms with Crippen molar-refractivity contribution in [3.05, 3.63) is 218 Å². The zero-order valence-electron chi connectivity index (χ0n) is 34.2. The number of rotatable bonds is 7. The molecule has 1 aliphatic carbocycles. The number of hydrogen-bond acceptors (Lipinski definition) is 3. The van der Waals surface area contributed by atoms with E-state index in [0.29, 0.717) is 11.4 Å². The quantitative estimate of drug-likeness (QED) is 0.162. The summed E-state index contributed by atoms with van der Waals surface area (Å²) in [4.78, 5) is 10.5. The van der Waals surface area contributed by atoms with Crippen LogP contribution in [-0.4, -0.2) is 19.6 Å². The number of phenols is 1. The van der Waals surface area contributed by atoms with E-state index in [9.17, 15) is 5.11 Å². The number of para-hydroxylation sites is 3. The fourth-order valence-electron chi connectivity index (χ4n) is 9.25. The second kappa shape index (κ2) is 15.7. The van der Waals surface area contributed by atoms with Gasteiger partial charge in [-0.3, -0.25) is 9.55 Å². The average molecular weight is 978 g/mol. The minimum Gasteiger partial charge on any atom is -0.507 e. The molecule has 0 saturated heterocycles. The summed E-state index contributed by atoms with van der Waals surface area (Å²) in [7, 11) is 0. The summed E-state index contributed by atoms with van der Waals surface area (Å²) in [6.45, 7) is 4.63. The van der Waals surface area contributed by atoms with Crippen LogP contribution in [-0.2, 0) is 26.5 Å². The number of aromatic nitrogens is 3. The third-order valence-corrected chi connectivity index (χ3v) is 12.3. The molecule has 62 heavy (non-hydrogen) atoms.